The second-order valence-electron chi connectivity index (χ2n) is 12.9. The first-order chi connectivity index (χ1) is 24.2. The number of hydrogen-bond donors (Lipinski definition) is 5. The molecule has 2 saturated carbocycles. The highest BCUT2D eigenvalue weighted by atomic mass is 35.5. The van der Waals surface area contributed by atoms with E-state index >= 15 is 0 Å². The van der Waals surface area contributed by atoms with Gasteiger partial charge in [0.25, 0.3) is 0 Å². The summed E-state index contributed by atoms with van der Waals surface area (Å²) in [5.41, 5.74) is 3.54. The van der Waals surface area contributed by atoms with Crippen LogP contribution in [0.1, 0.15) is 49.7 Å². The minimum absolute atomic E-state index is 0.175. The number of rotatable bonds is 21. The molecule has 2 aliphatic carbocycles. The molecule has 0 unspecified atom stereocenters. The Kier molecular flexibility index (Phi) is 13.9. The zero-order valence-electron chi connectivity index (χ0n) is 28.2. The predicted octanol–water partition coefficient (Wildman–Crippen LogP) is 3.93. The Morgan fingerprint density at radius 1 is 1.06 bits per heavy atom. The SMILES string of the molecule is COCCN(C[C@H](O)[C@@H](O)[C@H](O)[C@H](O)CO)C(=O)CCCSc1ccc(Cl)c(COC2(c3cnccc3-c3ccccc3OC3CC3)CC2)c1. The molecular weight excluding hydrogens is 684 g/mol. The van der Waals surface area contributed by atoms with Crippen molar-refractivity contribution in [1.82, 2.24) is 9.88 Å². The maximum Gasteiger partial charge on any atom is 0.222 e. The Hall–Kier alpha value is -2.78. The summed E-state index contributed by atoms with van der Waals surface area (Å²) in [6.45, 7) is -0.335. The summed E-state index contributed by atoms with van der Waals surface area (Å²) in [5.74, 6) is 1.27. The highest BCUT2D eigenvalue weighted by molar-refractivity contribution is 7.99. The van der Waals surface area contributed by atoms with E-state index in [0.717, 1.165) is 58.6 Å². The van der Waals surface area contributed by atoms with Crippen LogP contribution in [-0.4, -0.2) is 111 Å². The van der Waals surface area contributed by atoms with Crippen molar-refractivity contribution in [2.75, 3.05) is 39.2 Å². The molecule has 1 aromatic heterocycles. The Balaban J connectivity index is 1.15. The number of aliphatic hydroxyl groups excluding tert-OH is 5. The smallest absolute Gasteiger partial charge is 0.222 e. The van der Waals surface area contributed by atoms with Crippen LogP contribution in [0.4, 0.5) is 0 Å². The lowest BCUT2D eigenvalue weighted by Crippen LogP contribution is -2.51. The summed E-state index contributed by atoms with van der Waals surface area (Å²) in [7, 11) is 1.49. The third-order valence-corrected chi connectivity index (χ3v) is 10.4. The number of carbonyl (C=O) groups excluding carboxylic acids is 1. The van der Waals surface area contributed by atoms with Gasteiger partial charge < -0.3 is 44.6 Å². The molecule has 5 rings (SSSR count). The molecule has 50 heavy (non-hydrogen) atoms. The second-order valence-corrected chi connectivity index (χ2v) is 14.4. The molecule has 0 saturated heterocycles. The Morgan fingerprint density at radius 2 is 1.82 bits per heavy atom. The van der Waals surface area contributed by atoms with Crippen LogP contribution in [0, 0.1) is 0 Å². The van der Waals surface area contributed by atoms with Gasteiger partial charge in [-0.3, -0.25) is 9.78 Å². The standard InChI is InChI=1S/C37H47ClN2O9S/c1-47-17-16-40(21-31(42)35(45)36(46)32(43)22-41)34(44)7-4-18-50-26-10-11-30(38)24(19-26)23-48-37(13-14-37)29-20-39-15-12-27(29)28-5-2-3-6-33(28)49-25-8-9-25/h2-3,5-6,10-12,15,19-20,25,31-32,35-36,41-43,45-46H,4,7-9,13-14,16-18,21-23H2,1H3/t31-,32+,35+,36+/m0/s1. The van der Waals surface area contributed by atoms with Gasteiger partial charge >= 0.3 is 0 Å². The van der Waals surface area contributed by atoms with E-state index in [1.165, 1.54) is 12.0 Å². The molecule has 0 bridgehead atoms. The van der Waals surface area contributed by atoms with Crippen molar-refractivity contribution in [3.8, 4) is 16.9 Å². The van der Waals surface area contributed by atoms with Gasteiger partial charge in [0.2, 0.25) is 5.91 Å². The maximum absolute atomic E-state index is 13.0. The molecule has 1 heterocycles. The number of halogens is 1. The van der Waals surface area contributed by atoms with E-state index in [1.54, 1.807) is 18.0 Å². The molecule has 11 nitrogen and oxygen atoms in total. The lowest BCUT2D eigenvalue weighted by Gasteiger charge is -2.30. The first-order valence-corrected chi connectivity index (χ1v) is 18.4. The lowest BCUT2D eigenvalue weighted by molar-refractivity contribution is -0.140. The quantitative estimate of drug-likeness (QED) is 0.0798. The number of carbonyl (C=O) groups is 1. The van der Waals surface area contributed by atoms with E-state index in [1.807, 2.05) is 48.7 Å². The second kappa shape index (κ2) is 18.1. The van der Waals surface area contributed by atoms with Crippen LogP contribution in [0.15, 0.2) is 65.8 Å². The number of hydrogen-bond acceptors (Lipinski definition) is 11. The molecule has 0 spiro atoms. The highest BCUT2D eigenvalue weighted by Gasteiger charge is 2.48. The van der Waals surface area contributed by atoms with Gasteiger partial charge in [0.15, 0.2) is 0 Å². The summed E-state index contributed by atoms with van der Waals surface area (Å²) < 4.78 is 18.0. The number of aliphatic hydroxyl groups is 5. The maximum atomic E-state index is 13.0. The zero-order chi connectivity index (χ0) is 35.7. The molecule has 3 aromatic rings. The van der Waals surface area contributed by atoms with Crippen molar-refractivity contribution in [3.05, 3.63) is 77.1 Å². The fourth-order valence-corrected chi connectivity index (χ4v) is 6.80. The number of pyridine rings is 1. The number of para-hydroxylation sites is 1. The van der Waals surface area contributed by atoms with Crippen LogP contribution in [0.25, 0.3) is 11.1 Å². The van der Waals surface area contributed by atoms with E-state index in [-0.39, 0.29) is 38.1 Å². The minimum Gasteiger partial charge on any atom is -0.490 e. The minimum atomic E-state index is -1.77. The van der Waals surface area contributed by atoms with Gasteiger partial charge in [0.1, 0.15) is 30.2 Å². The average molecular weight is 731 g/mol. The first kappa shape index (κ1) is 38.5. The van der Waals surface area contributed by atoms with Crippen LogP contribution in [0.5, 0.6) is 5.75 Å². The van der Waals surface area contributed by atoms with Crippen LogP contribution in [0.3, 0.4) is 0 Å². The van der Waals surface area contributed by atoms with Gasteiger partial charge in [-0.05, 0) is 79.3 Å². The van der Waals surface area contributed by atoms with E-state index in [4.69, 9.17) is 30.9 Å². The molecule has 2 aliphatic rings. The normalized spacial score (nSPS) is 17.5. The molecule has 13 heteroatoms. The summed E-state index contributed by atoms with van der Waals surface area (Å²) >= 11 is 8.22. The topological polar surface area (TPSA) is 162 Å². The average Bonchev–Trinajstić information content (AvgIpc) is 4.08. The van der Waals surface area contributed by atoms with E-state index in [0.29, 0.717) is 23.8 Å². The van der Waals surface area contributed by atoms with Crippen molar-refractivity contribution in [2.24, 2.45) is 0 Å². The molecule has 0 aliphatic heterocycles. The van der Waals surface area contributed by atoms with Gasteiger partial charge in [0, 0.05) is 60.1 Å². The number of aromatic nitrogens is 1. The number of thioether (sulfide) groups is 1. The third kappa shape index (κ3) is 10.2. The van der Waals surface area contributed by atoms with Crippen molar-refractivity contribution >= 4 is 29.3 Å². The fraction of sp³-hybridized carbons (Fsp3) is 0.514. The van der Waals surface area contributed by atoms with Crippen LogP contribution < -0.4 is 4.74 Å². The molecule has 2 fully saturated rings. The fourth-order valence-electron chi connectivity index (χ4n) is 5.71. The highest BCUT2D eigenvalue weighted by Crippen LogP contribution is 2.53. The zero-order valence-corrected chi connectivity index (χ0v) is 29.8. The van der Waals surface area contributed by atoms with Gasteiger partial charge in [-0.2, -0.15) is 0 Å². The van der Waals surface area contributed by atoms with Crippen molar-refractivity contribution in [1.29, 1.82) is 0 Å². The number of nitrogens with zero attached hydrogens (tertiary/aromatic N) is 2. The predicted molar refractivity (Wildman–Crippen MR) is 190 cm³/mol. The summed E-state index contributed by atoms with van der Waals surface area (Å²) in [4.78, 5) is 19.8. The van der Waals surface area contributed by atoms with Gasteiger partial charge in [-0.15, -0.1) is 11.8 Å². The number of amides is 1. The van der Waals surface area contributed by atoms with Crippen LogP contribution in [-0.2, 0) is 26.5 Å². The molecule has 1 amide bonds. The van der Waals surface area contributed by atoms with Crippen molar-refractivity contribution in [2.45, 2.75) is 86.1 Å². The number of methoxy groups -OCH3 is 1. The van der Waals surface area contributed by atoms with Gasteiger partial charge in [-0.25, -0.2) is 0 Å². The Labute approximate surface area is 302 Å². The van der Waals surface area contributed by atoms with E-state index < -0.39 is 36.6 Å². The van der Waals surface area contributed by atoms with Crippen molar-refractivity contribution in [3.63, 3.8) is 0 Å². The first-order valence-electron chi connectivity index (χ1n) is 17.0. The van der Waals surface area contributed by atoms with Crippen LogP contribution >= 0.6 is 23.4 Å². The summed E-state index contributed by atoms with van der Waals surface area (Å²) in [5, 5.41) is 49.8. The lowest BCUT2D eigenvalue weighted by atomic mass is 9.96. The number of benzene rings is 2. The Morgan fingerprint density at radius 3 is 2.54 bits per heavy atom. The summed E-state index contributed by atoms with van der Waals surface area (Å²) in [6.07, 6.45) is 1.96. The molecule has 4 atom stereocenters. The van der Waals surface area contributed by atoms with Gasteiger partial charge in [-0.1, -0.05) is 29.8 Å². The Bertz CT molecular complexity index is 1560. The third-order valence-electron chi connectivity index (χ3n) is 8.99. The van der Waals surface area contributed by atoms with E-state index in [9.17, 15) is 25.2 Å². The molecule has 5 N–H and O–H groups in total. The van der Waals surface area contributed by atoms with Gasteiger partial charge in [0.05, 0.1) is 31.5 Å². The summed E-state index contributed by atoms with van der Waals surface area (Å²) in [6, 6.07) is 16.0. The molecule has 272 valence electrons. The van der Waals surface area contributed by atoms with Crippen LogP contribution in [0.2, 0.25) is 5.02 Å². The molecular formula is C37H47ClN2O9S. The molecule has 2 aromatic carbocycles. The van der Waals surface area contributed by atoms with E-state index in [2.05, 4.69) is 11.1 Å². The largest absolute Gasteiger partial charge is 0.490 e. The van der Waals surface area contributed by atoms with Crippen molar-refractivity contribution < 1.29 is 44.5 Å². The number of ether oxygens (including phenoxy) is 3. The molecule has 0 radical (unpaired) electrons. The monoisotopic (exact) mass is 730 g/mol.